The molecule has 0 aliphatic rings. The lowest BCUT2D eigenvalue weighted by Gasteiger charge is -2.10. The molecule has 18 heavy (non-hydrogen) atoms. The SMILES string of the molecule is CC(C(=O)c1ccc(F)c(Cl)c1)c1ccccn1. The van der Waals surface area contributed by atoms with E-state index in [1.807, 2.05) is 6.07 Å². The van der Waals surface area contributed by atoms with Gasteiger partial charge in [-0.2, -0.15) is 0 Å². The Bertz CT molecular complexity index is 571. The zero-order valence-electron chi connectivity index (χ0n) is 9.73. The van der Waals surface area contributed by atoms with Gasteiger partial charge >= 0.3 is 0 Å². The van der Waals surface area contributed by atoms with Crippen molar-refractivity contribution in [1.29, 1.82) is 0 Å². The van der Waals surface area contributed by atoms with Gasteiger partial charge < -0.3 is 0 Å². The van der Waals surface area contributed by atoms with Crippen LogP contribution in [0.1, 0.15) is 28.9 Å². The first-order valence-corrected chi connectivity index (χ1v) is 5.87. The number of ketones is 1. The van der Waals surface area contributed by atoms with Gasteiger partial charge in [0.2, 0.25) is 0 Å². The molecule has 0 amide bonds. The molecule has 1 heterocycles. The Balaban J connectivity index is 2.29. The molecule has 0 bridgehead atoms. The highest BCUT2D eigenvalue weighted by molar-refractivity contribution is 6.31. The molecule has 0 radical (unpaired) electrons. The molecule has 2 aromatic rings. The quantitative estimate of drug-likeness (QED) is 0.787. The molecule has 0 saturated carbocycles. The third-order valence-electron chi connectivity index (χ3n) is 2.73. The number of nitrogens with zero attached hydrogens (tertiary/aromatic N) is 1. The van der Waals surface area contributed by atoms with E-state index in [2.05, 4.69) is 4.98 Å². The van der Waals surface area contributed by atoms with Crippen molar-refractivity contribution in [3.8, 4) is 0 Å². The minimum Gasteiger partial charge on any atom is -0.293 e. The van der Waals surface area contributed by atoms with Crippen LogP contribution in [0, 0.1) is 5.82 Å². The van der Waals surface area contributed by atoms with Crippen LogP contribution < -0.4 is 0 Å². The summed E-state index contributed by atoms with van der Waals surface area (Å²) in [5, 5.41) is -0.0472. The number of carbonyl (C=O) groups excluding carboxylic acids is 1. The fourth-order valence-electron chi connectivity index (χ4n) is 1.67. The largest absolute Gasteiger partial charge is 0.293 e. The van der Waals surface area contributed by atoms with Crippen molar-refractivity contribution < 1.29 is 9.18 Å². The van der Waals surface area contributed by atoms with Gasteiger partial charge in [0.05, 0.1) is 16.6 Å². The molecule has 1 aromatic heterocycles. The molecule has 0 aliphatic carbocycles. The van der Waals surface area contributed by atoms with Crippen LogP contribution >= 0.6 is 11.6 Å². The Kier molecular flexibility index (Phi) is 3.72. The normalized spacial score (nSPS) is 12.2. The zero-order valence-corrected chi connectivity index (χ0v) is 10.5. The van der Waals surface area contributed by atoms with Gasteiger partial charge in [0.25, 0.3) is 0 Å². The molecule has 4 heteroatoms. The van der Waals surface area contributed by atoms with Crippen molar-refractivity contribution in [2.45, 2.75) is 12.8 Å². The molecule has 1 atom stereocenters. The number of aromatic nitrogens is 1. The maximum atomic E-state index is 13.0. The summed E-state index contributed by atoms with van der Waals surface area (Å²) in [6, 6.07) is 9.37. The Labute approximate surface area is 109 Å². The summed E-state index contributed by atoms with van der Waals surface area (Å²) < 4.78 is 13.0. The second kappa shape index (κ2) is 5.27. The Morgan fingerprint density at radius 3 is 2.72 bits per heavy atom. The number of carbonyl (C=O) groups is 1. The molecular formula is C14H11ClFNO. The van der Waals surface area contributed by atoms with E-state index in [4.69, 9.17) is 11.6 Å². The molecule has 2 nitrogen and oxygen atoms in total. The van der Waals surface area contributed by atoms with Crippen molar-refractivity contribution in [3.63, 3.8) is 0 Å². The van der Waals surface area contributed by atoms with Gasteiger partial charge in [-0.05, 0) is 37.3 Å². The van der Waals surface area contributed by atoms with E-state index in [1.54, 1.807) is 25.3 Å². The number of hydrogen-bond acceptors (Lipinski definition) is 2. The van der Waals surface area contributed by atoms with E-state index in [-0.39, 0.29) is 16.7 Å². The van der Waals surface area contributed by atoms with Gasteiger partial charge in [-0.1, -0.05) is 17.7 Å². The van der Waals surface area contributed by atoms with Crippen LogP contribution in [0.3, 0.4) is 0 Å². The number of pyridine rings is 1. The zero-order chi connectivity index (χ0) is 13.1. The van der Waals surface area contributed by atoms with Gasteiger partial charge in [-0.3, -0.25) is 9.78 Å². The minimum absolute atomic E-state index is 0.0472. The third-order valence-corrected chi connectivity index (χ3v) is 3.02. The van der Waals surface area contributed by atoms with E-state index >= 15 is 0 Å². The molecule has 1 aromatic carbocycles. The van der Waals surface area contributed by atoms with E-state index in [9.17, 15) is 9.18 Å². The average molecular weight is 264 g/mol. The molecule has 1 unspecified atom stereocenters. The van der Waals surface area contributed by atoms with Crippen LogP contribution in [0.4, 0.5) is 4.39 Å². The first-order chi connectivity index (χ1) is 8.59. The van der Waals surface area contributed by atoms with Crippen LogP contribution in [0.15, 0.2) is 42.6 Å². The van der Waals surface area contributed by atoms with Gasteiger partial charge in [0.15, 0.2) is 5.78 Å². The standard InChI is InChI=1S/C14H11ClFNO/c1-9(13-4-2-3-7-17-13)14(18)10-5-6-12(16)11(15)8-10/h2-9H,1H3. The summed E-state index contributed by atoms with van der Waals surface area (Å²) in [4.78, 5) is 16.3. The second-order valence-corrected chi connectivity index (χ2v) is 4.38. The summed E-state index contributed by atoms with van der Waals surface area (Å²) in [6.45, 7) is 1.77. The van der Waals surface area contributed by atoms with Crippen LogP contribution in [0.25, 0.3) is 0 Å². The van der Waals surface area contributed by atoms with Crippen molar-refractivity contribution in [1.82, 2.24) is 4.98 Å². The van der Waals surface area contributed by atoms with Gasteiger partial charge in [0, 0.05) is 11.8 Å². The smallest absolute Gasteiger partial charge is 0.171 e. The molecule has 0 spiro atoms. The summed E-state index contributed by atoms with van der Waals surface area (Å²) in [7, 11) is 0. The van der Waals surface area contributed by atoms with Crippen LogP contribution in [-0.2, 0) is 0 Å². The Hall–Kier alpha value is -1.74. The fraction of sp³-hybridized carbons (Fsp3) is 0.143. The number of halogens is 2. The molecule has 0 saturated heterocycles. The lowest BCUT2D eigenvalue weighted by molar-refractivity contribution is 0.0964. The van der Waals surface area contributed by atoms with Crippen molar-refractivity contribution >= 4 is 17.4 Å². The highest BCUT2D eigenvalue weighted by Gasteiger charge is 2.18. The van der Waals surface area contributed by atoms with E-state index in [0.29, 0.717) is 11.3 Å². The average Bonchev–Trinajstić information content (AvgIpc) is 2.41. The first kappa shape index (κ1) is 12.7. The predicted molar refractivity (Wildman–Crippen MR) is 68.4 cm³/mol. The lowest BCUT2D eigenvalue weighted by Crippen LogP contribution is -2.11. The maximum absolute atomic E-state index is 13.0. The van der Waals surface area contributed by atoms with Crippen LogP contribution in [-0.4, -0.2) is 10.8 Å². The lowest BCUT2D eigenvalue weighted by atomic mass is 9.96. The monoisotopic (exact) mass is 263 g/mol. The molecular weight excluding hydrogens is 253 g/mol. The predicted octanol–water partition coefficient (Wildman–Crippen LogP) is 3.86. The molecule has 0 aliphatic heterocycles. The van der Waals surface area contributed by atoms with E-state index < -0.39 is 5.82 Å². The first-order valence-electron chi connectivity index (χ1n) is 5.50. The highest BCUT2D eigenvalue weighted by atomic mass is 35.5. The topological polar surface area (TPSA) is 30.0 Å². The maximum Gasteiger partial charge on any atom is 0.171 e. The van der Waals surface area contributed by atoms with Crippen molar-refractivity contribution in [2.24, 2.45) is 0 Å². The number of Topliss-reactive ketones (excluding diaryl/α,β-unsaturated/α-hetero) is 1. The molecule has 0 N–H and O–H groups in total. The van der Waals surface area contributed by atoms with Crippen molar-refractivity contribution in [2.75, 3.05) is 0 Å². The number of rotatable bonds is 3. The van der Waals surface area contributed by atoms with Gasteiger partial charge in [-0.15, -0.1) is 0 Å². The molecule has 0 fully saturated rings. The Morgan fingerprint density at radius 2 is 2.11 bits per heavy atom. The molecule has 92 valence electrons. The van der Waals surface area contributed by atoms with E-state index in [0.717, 1.165) is 0 Å². The number of benzene rings is 1. The third kappa shape index (κ3) is 2.57. The minimum atomic E-state index is -0.529. The summed E-state index contributed by atoms with van der Waals surface area (Å²) in [6.07, 6.45) is 1.64. The highest BCUT2D eigenvalue weighted by Crippen LogP contribution is 2.22. The van der Waals surface area contributed by atoms with Gasteiger partial charge in [0.1, 0.15) is 5.82 Å². The second-order valence-electron chi connectivity index (χ2n) is 3.97. The fourth-order valence-corrected chi connectivity index (χ4v) is 1.85. The summed E-state index contributed by atoms with van der Waals surface area (Å²) in [5.74, 6) is -1.04. The van der Waals surface area contributed by atoms with Crippen LogP contribution in [0.5, 0.6) is 0 Å². The van der Waals surface area contributed by atoms with Crippen molar-refractivity contribution in [3.05, 3.63) is 64.7 Å². The number of hydrogen-bond donors (Lipinski definition) is 0. The van der Waals surface area contributed by atoms with Gasteiger partial charge in [-0.25, -0.2) is 4.39 Å². The summed E-state index contributed by atoms with van der Waals surface area (Å²) >= 11 is 5.67. The summed E-state index contributed by atoms with van der Waals surface area (Å²) in [5.41, 5.74) is 1.07. The Morgan fingerprint density at radius 1 is 1.33 bits per heavy atom. The van der Waals surface area contributed by atoms with Crippen LogP contribution in [0.2, 0.25) is 5.02 Å². The van der Waals surface area contributed by atoms with E-state index in [1.165, 1.54) is 18.2 Å². The molecule has 2 rings (SSSR count).